The maximum absolute atomic E-state index is 12.5. The Morgan fingerprint density at radius 3 is 2.43 bits per heavy atom. The predicted molar refractivity (Wildman–Crippen MR) is 105 cm³/mol. The van der Waals surface area contributed by atoms with Crippen molar-refractivity contribution in [2.75, 3.05) is 5.32 Å². The number of hydrogen-bond acceptors (Lipinski definition) is 4. The van der Waals surface area contributed by atoms with Crippen LogP contribution < -0.4 is 10.1 Å². The molecule has 0 spiro atoms. The molecule has 0 radical (unpaired) electrons. The van der Waals surface area contributed by atoms with E-state index < -0.39 is 5.97 Å². The largest absolute Gasteiger partial charge is 0.489 e. The van der Waals surface area contributed by atoms with Crippen LogP contribution in [0.25, 0.3) is 0 Å². The van der Waals surface area contributed by atoms with Crippen molar-refractivity contribution in [2.45, 2.75) is 26.9 Å². The molecule has 0 atom stereocenters. The van der Waals surface area contributed by atoms with Crippen LogP contribution in [-0.4, -0.2) is 17.0 Å². The van der Waals surface area contributed by atoms with Crippen molar-refractivity contribution in [3.8, 4) is 5.75 Å². The summed E-state index contributed by atoms with van der Waals surface area (Å²) in [7, 11) is 0. The van der Waals surface area contributed by atoms with Gasteiger partial charge in [0.2, 0.25) is 5.76 Å². The Balaban J connectivity index is 1.63. The molecule has 3 aromatic rings. The van der Waals surface area contributed by atoms with E-state index >= 15 is 0 Å². The van der Waals surface area contributed by atoms with E-state index in [2.05, 4.69) is 5.32 Å². The monoisotopic (exact) mass is 379 g/mol. The van der Waals surface area contributed by atoms with Gasteiger partial charge in [0.05, 0.1) is 0 Å². The summed E-state index contributed by atoms with van der Waals surface area (Å²) < 4.78 is 10.8. The molecule has 3 rings (SSSR count). The summed E-state index contributed by atoms with van der Waals surface area (Å²) in [6.45, 7) is 3.91. The average molecular weight is 379 g/mol. The molecule has 6 heteroatoms. The van der Waals surface area contributed by atoms with E-state index in [1.807, 2.05) is 31.2 Å². The maximum Gasteiger partial charge on any atom is 0.371 e. The van der Waals surface area contributed by atoms with Crippen LogP contribution in [0.5, 0.6) is 5.75 Å². The van der Waals surface area contributed by atoms with Crippen molar-refractivity contribution in [3.63, 3.8) is 0 Å². The molecule has 6 nitrogen and oxygen atoms in total. The van der Waals surface area contributed by atoms with Gasteiger partial charge in [-0.15, -0.1) is 0 Å². The number of nitrogens with one attached hydrogen (secondary N) is 1. The molecular weight excluding hydrogens is 358 g/mol. The number of para-hydroxylation sites is 1. The third kappa shape index (κ3) is 4.40. The second-order valence-electron chi connectivity index (χ2n) is 6.28. The van der Waals surface area contributed by atoms with E-state index in [-0.39, 0.29) is 18.3 Å². The van der Waals surface area contributed by atoms with Crippen LogP contribution in [0.4, 0.5) is 5.69 Å². The first-order chi connectivity index (χ1) is 13.5. The number of hydrogen-bond donors (Lipinski definition) is 2. The average Bonchev–Trinajstić information content (AvgIpc) is 3.08. The minimum Gasteiger partial charge on any atom is -0.489 e. The molecule has 0 fully saturated rings. The van der Waals surface area contributed by atoms with E-state index in [9.17, 15) is 9.59 Å². The Labute approximate surface area is 162 Å². The van der Waals surface area contributed by atoms with Crippen molar-refractivity contribution < 1.29 is 23.8 Å². The van der Waals surface area contributed by atoms with E-state index in [0.717, 1.165) is 17.7 Å². The summed E-state index contributed by atoms with van der Waals surface area (Å²) in [5.41, 5.74) is 3.06. The van der Waals surface area contributed by atoms with Crippen LogP contribution in [0.1, 0.15) is 44.7 Å². The molecule has 0 aliphatic carbocycles. The van der Waals surface area contributed by atoms with Gasteiger partial charge in [-0.25, -0.2) is 4.79 Å². The number of aromatic carboxylic acids is 1. The molecular formula is C22H21NO5. The summed E-state index contributed by atoms with van der Waals surface area (Å²) in [5.74, 6) is -0.347. The molecule has 0 aliphatic rings. The Hall–Kier alpha value is -3.54. The summed E-state index contributed by atoms with van der Waals surface area (Å²) in [5, 5.41) is 11.9. The van der Waals surface area contributed by atoms with E-state index in [0.29, 0.717) is 22.6 Å². The molecule has 0 aliphatic heterocycles. The van der Waals surface area contributed by atoms with Crippen molar-refractivity contribution in [1.29, 1.82) is 0 Å². The highest BCUT2D eigenvalue weighted by molar-refractivity contribution is 6.04. The number of carbonyl (C=O) groups excluding carboxylic acids is 1. The minimum absolute atomic E-state index is 0.115. The smallest absolute Gasteiger partial charge is 0.371 e. The molecule has 1 amide bonds. The van der Waals surface area contributed by atoms with Crippen LogP contribution in [0, 0.1) is 6.92 Å². The number of furan rings is 1. The molecule has 28 heavy (non-hydrogen) atoms. The van der Waals surface area contributed by atoms with Gasteiger partial charge in [0.15, 0.2) is 0 Å². The lowest BCUT2D eigenvalue weighted by molar-refractivity contribution is 0.0660. The molecule has 2 N–H and O–H groups in total. The van der Waals surface area contributed by atoms with Gasteiger partial charge < -0.3 is 19.6 Å². The standard InChI is InChI=1S/C22H21NO5/c1-3-15-6-4-5-7-19(15)23-21(24)16-8-10-18(11-9-16)27-13-17-12-20(22(25)26)28-14(17)2/h4-12H,3,13H2,1-2H3,(H,23,24)(H,25,26). The SMILES string of the molecule is CCc1ccccc1NC(=O)c1ccc(OCc2cc(C(=O)O)oc2C)cc1. The fourth-order valence-corrected chi connectivity index (χ4v) is 2.78. The van der Waals surface area contributed by atoms with Crippen LogP contribution in [0.3, 0.4) is 0 Å². The van der Waals surface area contributed by atoms with Gasteiger partial charge in [0, 0.05) is 16.8 Å². The topological polar surface area (TPSA) is 88.8 Å². The van der Waals surface area contributed by atoms with Gasteiger partial charge in [-0.2, -0.15) is 0 Å². The molecule has 0 bridgehead atoms. The lowest BCUT2D eigenvalue weighted by atomic mass is 10.1. The molecule has 2 aromatic carbocycles. The number of anilines is 1. The van der Waals surface area contributed by atoms with Gasteiger partial charge in [-0.05, 0) is 55.3 Å². The summed E-state index contributed by atoms with van der Waals surface area (Å²) in [6, 6.07) is 15.9. The fourth-order valence-electron chi connectivity index (χ4n) is 2.78. The van der Waals surface area contributed by atoms with Crippen LogP contribution in [0.15, 0.2) is 59.0 Å². The van der Waals surface area contributed by atoms with Gasteiger partial charge in [-0.1, -0.05) is 25.1 Å². The van der Waals surface area contributed by atoms with E-state index in [1.54, 1.807) is 31.2 Å². The molecule has 0 saturated heterocycles. The zero-order valence-electron chi connectivity index (χ0n) is 15.7. The predicted octanol–water partition coefficient (Wildman–Crippen LogP) is 4.68. The third-order valence-electron chi connectivity index (χ3n) is 4.39. The van der Waals surface area contributed by atoms with Crippen LogP contribution >= 0.6 is 0 Å². The van der Waals surface area contributed by atoms with Crippen molar-refractivity contribution >= 4 is 17.6 Å². The number of ether oxygens (including phenoxy) is 1. The third-order valence-corrected chi connectivity index (χ3v) is 4.39. The van der Waals surface area contributed by atoms with Crippen LogP contribution in [0.2, 0.25) is 0 Å². The Morgan fingerprint density at radius 1 is 1.07 bits per heavy atom. The molecule has 0 unspecified atom stereocenters. The summed E-state index contributed by atoms with van der Waals surface area (Å²) >= 11 is 0. The Kier molecular flexibility index (Phi) is 5.79. The Morgan fingerprint density at radius 2 is 1.79 bits per heavy atom. The number of benzene rings is 2. The summed E-state index contributed by atoms with van der Waals surface area (Å²) in [4.78, 5) is 23.4. The lowest BCUT2D eigenvalue weighted by Crippen LogP contribution is -2.13. The van der Waals surface area contributed by atoms with Crippen molar-refractivity contribution in [3.05, 3.63) is 82.8 Å². The second kappa shape index (κ2) is 8.43. The number of aryl methyl sites for hydroxylation is 2. The first-order valence-electron chi connectivity index (χ1n) is 8.92. The fraction of sp³-hybridized carbons (Fsp3) is 0.182. The number of amides is 1. The van der Waals surface area contributed by atoms with Gasteiger partial charge >= 0.3 is 5.97 Å². The summed E-state index contributed by atoms with van der Waals surface area (Å²) in [6.07, 6.45) is 0.834. The minimum atomic E-state index is -1.12. The lowest BCUT2D eigenvalue weighted by Gasteiger charge is -2.10. The van der Waals surface area contributed by atoms with Gasteiger partial charge in [-0.3, -0.25) is 4.79 Å². The first kappa shape index (κ1) is 19.2. The number of carboxylic acid groups (broad SMARTS) is 1. The van der Waals surface area contributed by atoms with Crippen molar-refractivity contribution in [2.24, 2.45) is 0 Å². The van der Waals surface area contributed by atoms with Crippen LogP contribution in [-0.2, 0) is 13.0 Å². The highest BCUT2D eigenvalue weighted by Crippen LogP contribution is 2.20. The first-order valence-corrected chi connectivity index (χ1v) is 8.92. The molecule has 1 heterocycles. The van der Waals surface area contributed by atoms with Gasteiger partial charge in [0.25, 0.3) is 5.91 Å². The number of rotatable bonds is 7. The van der Waals surface area contributed by atoms with E-state index in [4.69, 9.17) is 14.3 Å². The zero-order valence-corrected chi connectivity index (χ0v) is 15.7. The molecule has 144 valence electrons. The normalized spacial score (nSPS) is 10.5. The second-order valence-corrected chi connectivity index (χ2v) is 6.28. The Bertz CT molecular complexity index is 988. The quantitative estimate of drug-likeness (QED) is 0.622. The zero-order chi connectivity index (χ0) is 20.1. The molecule has 0 saturated carbocycles. The van der Waals surface area contributed by atoms with E-state index in [1.165, 1.54) is 6.07 Å². The number of carbonyl (C=O) groups is 2. The highest BCUT2D eigenvalue weighted by Gasteiger charge is 2.14. The molecule has 1 aromatic heterocycles. The highest BCUT2D eigenvalue weighted by atomic mass is 16.5. The number of carboxylic acids is 1. The van der Waals surface area contributed by atoms with Crippen molar-refractivity contribution in [1.82, 2.24) is 0 Å². The maximum atomic E-state index is 12.5. The van der Waals surface area contributed by atoms with Gasteiger partial charge in [0.1, 0.15) is 18.1 Å².